The fourth-order valence-electron chi connectivity index (χ4n) is 17.2. The molecule has 0 unspecified atom stereocenters. The molecular weight excluding hydrogens is 1980 g/mol. The Hall–Kier alpha value is -13.9. The van der Waals surface area contributed by atoms with Crippen molar-refractivity contribution < 1.29 is 121 Å². The molecule has 5 aromatic rings. The molecule has 146 heavy (non-hydrogen) atoms. The lowest BCUT2D eigenvalue weighted by Gasteiger charge is -2.38. The summed E-state index contributed by atoms with van der Waals surface area (Å²) in [5.74, 6) is -32.6. The fourth-order valence-corrected chi connectivity index (χ4v) is 20.8. The van der Waals surface area contributed by atoms with Gasteiger partial charge in [0.05, 0.1) is 25.1 Å². The number of carboxylic acids is 2. The number of carbonyl (C=O) groups excluding carboxylic acids is 20. The Balaban J connectivity index is 1.11. The lowest BCUT2D eigenvalue weighted by atomic mass is 9.89. The molecule has 5 saturated heterocycles. The Morgan fingerprint density at radius 3 is 1.65 bits per heavy atom. The van der Waals surface area contributed by atoms with Crippen LogP contribution in [0.5, 0.6) is 0 Å². The minimum absolute atomic E-state index is 0.0373. The standard InChI is InChI=1S/C94H125N23O25S4/c1-10-54-76(125)108-65(85(134)110-66(39-144-9)90(139)140)41-146-43-94(91(141)111-60(31-50-36-98-56-24-17-15-22-52(50)56)81(130)112-72(45(4)5)89(138)117-28-18-25-67(117)86(135)104-58(79(128)101-54)29-48-19-12-11-13-20-48)34-62(82(131)113-73(47(7)118)87(136)99-37-69(120)115-94)106-83(132)63(38-143-8)107-84(133)64-40-145-42-93(33-53(95)75(124)103-61(32-68(96)119)78(127)100-46(6)74(123)116-93)92(142)114-71(44(2)3)88(137)105-59(30-49-35-97-55-23-16-14-21-51(49)55)80(129)102-57(77(126)109-64)26-27-70(121)122/h10-17,19-24,35-36,44-47,53,57-67,71-73,97-98,118H,18,25-34,37-43,95H2,1-9H3,(H2,96,119)(H,99,136)(H,100,127)(H,101,128)(H,102,129)(H,103,124)(H,104,135)(H,105,137)(H,106,132)(H,107,133)(H,108,125)(H,109,126)(H,110,134)(H,111,141)(H,112,130)(H,113,131)(H,114,142)(H,115,120)(H,116,123)(H,121,122)(H,139,140)/b54-10-/t46-,47+,53-,57-,58-,59-,60-,61-,62-,63+,64-,65-,66-,67-,71-,72-,73-,93+,94+/m0/s1. The molecule has 52 heteroatoms. The number of hydrogen-bond acceptors (Lipinski definition) is 28. The number of aromatic nitrogens is 2. The van der Waals surface area contributed by atoms with E-state index in [4.69, 9.17) is 11.5 Å². The van der Waals surface area contributed by atoms with Crippen molar-refractivity contribution in [2.24, 2.45) is 23.3 Å². The minimum Gasteiger partial charge on any atom is -0.481 e. The number of H-pyrrole nitrogens is 2. The Bertz CT molecular complexity index is 5790. The van der Waals surface area contributed by atoms with Gasteiger partial charge in [-0.3, -0.25) is 101 Å². The van der Waals surface area contributed by atoms with Crippen LogP contribution in [0, 0.1) is 11.8 Å². The van der Waals surface area contributed by atoms with E-state index < -0.39 is 335 Å². The summed E-state index contributed by atoms with van der Waals surface area (Å²) in [5.41, 5.74) is 8.46. The van der Waals surface area contributed by atoms with Crippen molar-refractivity contribution >= 4 is 199 Å². The van der Waals surface area contributed by atoms with E-state index in [1.165, 1.54) is 50.6 Å². The van der Waals surface area contributed by atoms with Crippen molar-refractivity contribution in [3.8, 4) is 0 Å². The number of nitrogens with one attached hydrogen (secondary N) is 20. The summed E-state index contributed by atoms with van der Waals surface area (Å²) in [5, 5.41) is 78.8. The molecular formula is C94H125N23O25S4. The summed E-state index contributed by atoms with van der Waals surface area (Å²) < 4.78 is 0. The third-order valence-corrected chi connectivity index (χ3v) is 29.0. The molecule has 20 amide bonds. The van der Waals surface area contributed by atoms with E-state index in [9.17, 15) is 58.5 Å². The number of nitrogens with two attached hydrogens (primary N) is 2. The molecule has 7 heterocycles. The largest absolute Gasteiger partial charge is 0.481 e. The van der Waals surface area contributed by atoms with Gasteiger partial charge in [-0.2, -0.15) is 47.0 Å². The summed E-state index contributed by atoms with van der Waals surface area (Å²) in [7, 11) is 0. The number of nitrogens with zero attached hydrogens (tertiary/aromatic N) is 1. The van der Waals surface area contributed by atoms with Crippen LogP contribution in [-0.2, 0) is 125 Å². The fraction of sp³-hybridized carbons (Fsp3) is 0.511. The first-order chi connectivity index (χ1) is 69.3. The molecule has 3 aromatic carbocycles. The lowest BCUT2D eigenvalue weighted by Crippen LogP contribution is -2.68. The molecule has 5 aliphatic rings. The number of aliphatic hydroxyl groups excluding tert-OH is 1. The number of thioether (sulfide) groups is 4. The third-order valence-electron chi connectivity index (χ3n) is 25.2. The zero-order chi connectivity index (χ0) is 107. The third kappa shape index (κ3) is 30.2. The quantitative estimate of drug-likeness (QED) is 0.0242. The van der Waals surface area contributed by atoms with Gasteiger partial charge >= 0.3 is 11.9 Å². The van der Waals surface area contributed by atoms with Gasteiger partial charge in [0.2, 0.25) is 112 Å². The highest BCUT2D eigenvalue weighted by Crippen LogP contribution is 2.30. The predicted octanol–water partition coefficient (Wildman–Crippen LogP) is -5.81. The maximum atomic E-state index is 16.9. The summed E-state index contributed by atoms with van der Waals surface area (Å²) >= 11 is 2.93. The molecule has 0 saturated carbocycles. The van der Waals surface area contributed by atoms with Gasteiger partial charge in [-0.05, 0) is 93.2 Å². The van der Waals surface area contributed by atoms with Crippen LogP contribution in [0.3, 0.4) is 0 Å². The number of aromatic amines is 2. The van der Waals surface area contributed by atoms with Crippen molar-refractivity contribution in [2.45, 2.75) is 227 Å². The topological polar surface area (TPSA) is 740 Å². The van der Waals surface area contributed by atoms with Gasteiger partial charge in [0.1, 0.15) is 107 Å². The summed E-state index contributed by atoms with van der Waals surface area (Å²) in [6.45, 7) is 8.55. The van der Waals surface area contributed by atoms with Crippen LogP contribution in [0.4, 0.5) is 0 Å². The number of carboxylic acid groups (broad SMARTS) is 2. The predicted molar refractivity (Wildman–Crippen MR) is 537 cm³/mol. The van der Waals surface area contributed by atoms with E-state index in [0.717, 1.165) is 43.4 Å². The highest BCUT2D eigenvalue weighted by Gasteiger charge is 2.52. The van der Waals surface area contributed by atoms with Crippen molar-refractivity contribution in [1.29, 1.82) is 0 Å². The van der Waals surface area contributed by atoms with Crippen LogP contribution in [0.1, 0.15) is 110 Å². The number of fused-ring (bicyclic) bond motifs is 3. The molecule has 5 aliphatic heterocycles. The van der Waals surface area contributed by atoms with E-state index in [0.29, 0.717) is 62.0 Å². The monoisotopic (exact) mass is 2100 g/mol. The van der Waals surface area contributed by atoms with Crippen molar-refractivity contribution in [2.75, 3.05) is 60.1 Å². The number of hydrogen-bond donors (Lipinski definition) is 25. The molecule has 5 fully saturated rings. The molecule has 790 valence electrons. The van der Waals surface area contributed by atoms with Gasteiger partial charge in [0.15, 0.2) is 0 Å². The van der Waals surface area contributed by atoms with Crippen molar-refractivity contribution in [1.82, 2.24) is 111 Å². The summed E-state index contributed by atoms with van der Waals surface area (Å²) in [6, 6.07) is -7.24. The summed E-state index contributed by atoms with van der Waals surface area (Å²) in [4.78, 5) is 335. The molecule has 10 rings (SSSR count). The Morgan fingerprint density at radius 1 is 0.548 bits per heavy atom. The van der Waals surface area contributed by atoms with E-state index in [2.05, 4.69) is 106 Å². The number of benzene rings is 3. The van der Waals surface area contributed by atoms with Gasteiger partial charge in [0.25, 0.3) is 5.91 Å². The van der Waals surface area contributed by atoms with E-state index in [1.807, 2.05) is 0 Å². The van der Waals surface area contributed by atoms with Crippen LogP contribution in [-0.4, -0.2) is 334 Å². The van der Waals surface area contributed by atoms with E-state index in [1.54, 1.807) is 92.7 Å². The number of carbonyl (C=O) groups is 22. The van der Waals surface area contributed by atoms with Crippen LogP contribution >= 0.6 is 47.0 Å². The second-order valence-electron chi connectivity index (χ2n) is 36.9. The van der Waals surface area contributed by atoms with Gasteiger partial charge in [-0.1, -0.05) is 101 Å². The van der Waals surface area contributed by atoms with Gasteiger partial charge in [0, 0.05) is 114 Å². The first-order valence-corrected chi connectivity index (χ1v) is 52.3. The van der Waals surface area contributed by atoms with E-state index in [-0.39, 0.29) is 38.0 Å². The van der Waals surface area contributed by atoms with Gasteiger partial charge in [-0.15, -0.1) is 0 Å². The molecule has 48 nitrogen and oxygen atoms in total. The Kier molecular flexibility index (Phi) is 40.8. The zero-order valence-electron chi connectivity index (χ0n) is 81.5. The van der Waals surface area contributed by atoms with Crippen LogP contribution < -0.4 is 107 Å². The average Bonchev–Trinajstić information content (AvgIpc) is 1.05. The Morgan fingerprint density at radius 2 is 1.07 bits per heavy atom. The normalized spacial score (nSPS) is 27.0. The van der Waals surface area contributed by atoms with Crippen LogP contribution in [0.15, 0.2) is 103 Å². The van der Waals surface area contributed by atoms with Crippen molar-refractivity contribution in [3.05, 3.63) is 120 Å². The molecule has 2 spiro atoms. The minimum atomic E-state index is -2.90. The average molecular weight is 2110 g/mol. The highest BCUT2D eigenvalue weighted by atomic mass is 32.2. The maximum absolute atomic E-state index is 16.9. The number of allylic oxidation sites excluding steroid dienone is 1. The second-order valence-corrected chi connectivity index (χ2v) is 40.8. The smallest absolute Gasteiger partial charge is 0.327 e. The second kappa shape index (κ2) is 52.3. The first kappa shape index (κ1) is 114. The highest BCUT2D eigenvalue weighted by molar-refractivity contribution is 7.99. The number of aliphatic hydroxyl groups is 1. The van der Waals surface area contributed by atoms with Crippen LogP contribution in [0.2, 0.25) is 0 Å². The molecule has 19 atom stereocenters. The molecule has 0 radical (unpaired) electrons. The number of para-hydroxylation sites is 2. The SMILES string of the molecule is C/C=C1\NC(=O)[C@H](Cc2ccccc2)NC(=O)[C@@H]2CCCN2C(=O)[C@H](C(C)C)NC(=O)[C@H](Cc2c[nH]c3ccccc23)NC(=O)[C@]2(CSC[C@@H](C(=O)N[C@@H](CSC)C(=O)O)NC1=O)C[C@H](NC(=O)[C@@H](CSC)NC(=O)[C@@H]1CSC[C@]3(C[C@H](N)C(=O)N[C@@H](CC(N)=O)C(=O)N[C@@H](C)C(=O)N3)C(=O)N[C@@H](C(C)C)C(=O)N[C@@H](Cc3c[nH]c4ccccc34)C(=O)N[C@@H](CCC(=O)O)C(=O)N1)C(=O)N[C@@H]([C@@H](C)O)C(=O)NCC(=O)N2. The van der Waals surface area contributed by atoms with E-state index >= 15 is 62.3 Å². The Labute approximate surface area is 855 Å². The van der Waals surface area contributed by atoms with Gasteiger partial charge in [-0.25, -0.2) is 4.79 Å². The lowest BCUT2D eigenvalue weighted by molar-refractivity contribution is -0.143. The number of amides is 20. The number of primary amides is 1. The number of aliphatic carboxylic acids is 2. The van der Waals surface area contributed by atoms with Gasteiger partial charge < -0.3 is 137 Å². The first-order valence-electron chi connectivity index (χ1n) is 47.2. The molecule has 2 aromatic heterocycles. The summed E-state index contributed by atoms with van der Waals surface area (Å²) in [6.07, 6.45) is -0.148. The molecule has 27 N–H and O–H groups in total. The molecule has 0 aliphatic carbocycles. The van der Waals surface area contributed by atoms with Crippen molar-refractivity contribution in [3.63, 3.8) is 0 Å². The number of rotatable bonds is 25. The van der Waals surface area contributed by atoms with Crippen LogP contribution in [0.25, 0.3) is 21.8 Å². The zero-order valence-corrected chi connectivity index (χ0v) is 84.8. The maximum Gasteiger partial charge on any atom is 0.327 e. The molecule has 0 bridgehead atoms.